The molecule has 1 nitrogen and oxygen atoms in total. The third kappa shape index (κ3) is 3.08. The number of hydrogen-bond donors (Lipinski definition) is 1. The van der Waals surface area contributed by atoms with Gasteiger partial charge in [0.25, 0.3) is 0 Å². The Balaban J connectivity index is 2.01. The summed E-state index contributed by atoms with van der Waals surface area (Å²) in [7, 11) is 0. The van der Waals surface area contributed by atoms with Crippen molar-refractivity contribution in [1.82, 2.24) is 5.32 Å². The van der Waals surface area contributed by atoms with Crippen molar-refractivity contribution in [3.8, 4) is 0 Å². The van der Waals surface area contributed by atoms with Crippen LogP contribution in [0.4, 0.5) is 0 Å². The Bertz CT molecular complexity index is 317. The van der Waals surface area contributed by atoms with Crippen molar-refractivity contribution in [2.75, 3.05) is 6.54 Å². The summed E-state index contributed by atoms with van der Waals surface area (Å²) < 4.78 is 1.28. The Morgan fingerprint density at radius 3 is 2.81 bits per heavy atom. The molecule has 0 radical (unpaired) electrons. The number of nitrogens with one attached hydrogen (secondary N) is 1. The van der Waals surface area contributed by atoms with Gasteiger partial charge in [-0.1, -0.05) is 32.6 Å². The molecule has 1 atom stereocenters. The van der Waals surface area contributed by atoms with Crippen molar-refractivity contribution >= 4 is 27.3 Å². The molecule has 0 saturated heterocycles. The normalized spacial score (nSPS) is 19.1. The smallest absolute Gasteiger partial charge is 0.0428 e. The average molecular weight is 302 g/mol. The van der Waals surface area contributed by atoms with E-state index in [1.165, 1.54) is 41.5 Å². The fourth-order valence-electron chi connectivity index (χ4n) is 2.66. The zero-order chi connectivity index (χ0) is 11.4. The Hall–Kier alpha value is 0.140. The lowest BCUT2D eigenvalue weighted by Crippen LogP contribution is -2.22. The van der Waals surface area contributed by atoms with Gasteiger partial charge in [0, 0.05) is 15.4 Å². The van der Waals surface area contributed by atoms with E-state index in [1.807, 2.05) is 11.3 Å². The molecule has 1 unspecified atom stereocenters. The van der Waals surface area contributed by atoms with Gasteiger partial charge in [-0.15, -0.1) is 11.3 Å². The van der Waals surface area contributed by atoms with Crippen LogP contribution in [0, 0.1) is 5.92 Å². The van der Waals surface area contributed by atoms with Crippen molar-refractivity contribution in [2.24, 2.45) is 5.92 Å². The summed E-state index contributed by atoms with van der Waals surface area (Å²) in [5, 5.41) is 5.81. The monoisotopic (exact) mass is 301 g/mol. The predicted molar refractivity (Wildman–Crippen MR) is 75.0 cm³/mol. The number of thiophene rings is 1. The standard InChI is InChI=1S/C13H20BrNS/c1-2-15-12(9-10-5-3-4-6-10)13-11(14)7-8-16-13/h7-8,10,12,15H,2-6,9H2,1H3. The maximum Gasteiger partial charge on any atom is 0.0428 e. The summed E-state index contributed by atoms with van der Waals surface area (Å²) in [6.07, 6.45) is 7.06. The van der Waals surface area contributed by atoms with Gasteiger partial charge < -0.3 is 5.32 Å². The summed E-state index contributed by atoms with van der Waals surface area (Å²) in [5.41, 5.74) is 0. The first-order valence-corrected chi connectivity index (χ1v) is 7.94. The van der Waals surface area contributed by atoms with E-state index in [2.05, 4.69) is 39.6 Å². The SMILES string of the molecule is CCNC(CC1CCCC1)c1sccc1Br. The first kappa shape index (κ1) is 12.6. The molecule has 2 rings (SSSR count). The van der Waals surface area contributed by atoms with Gasteiger partial charge in [0.05, 0.1) is 0 Å². The Kier molecular flexibility index (Phi) is 4.86. The highest BCUT2D eigenvalue weighted by Crippen LogP contribution is 2.37. The Morgan fingerprint density at radius 1 is 1.50 bits per heavy atom. The van der Waals surface area contributed by atoms with Crippen LogP contribution in [0.3, 0.4) is 0 Å². The van der Waals surface area contributed by atoms with Gasteiger partial charge in [-0.2, -0.15) is 0 Å². The molecule has 0 aliphatic heterocycles. The third-order valence-electron chi connectivity index (χ3n) is 3.46. The minimum Gasteiger partial charge on any atom is -0.309 e. The van der Waals surface area contributed by atoms with Gasteiger partial charge in [0.2, 0.25) is 0 Å². The van der Waals surface area contributed by atoms with Crippen LogP contribution in [0.15, 0.2) is 15.9 Å². The summed E-state index contributed by atoms with van der Waals surface area (Å²) >= 11 is 5.53. The fourth-order valence-corrected chi connectivity index (χ4v) is 4.40. The fraction of sp³-hybridized carbons (Fsp3) is 0.692. The predicted octanol–water partition coefficient (Wildman–Crippen LogP) is 4.74. The first-order valence-electron chi connectivity index (χ1n) is 6.27. The Labute approximate surface area is 111 Å². The van der Waals surface area contributed by atoms with Gasteiger partial charge in [-0.05, 0) is 46.3 Å². The molecule has 3 heteroatoms. The molecule has 1 aromatic rings. The van der Waals surface area contributed by atoms with Gasteiger partial charge >= 0.3 is 0 Å². The van der Waals surface area contributed by atoms with E-state index >= 15 is 0 Å². The number of halogens is 1. The average Bonchev–Trinajstić information content (AvgIpc) is 2.88. The van der Waals surface area contributed by atoms with Crippen LogP contribution in [0.5, 0.6) is 0 Å². The van der Waals surface area contributed by atoms with Gasteiger partial charge in [-0.25, -0.2) is 0 Å². The highest BCUT2D eigenvalue weighted by molar-refractivity contribution is 9.10. The van der Waals surface area contributed by atoms with Crippen molar-refractivity contribution in [1.29, 1.82) is 0 Å². The van der Waals surface area contributed by atoms with Gasteiger partial charge in [-0.3, -0.25) is 0 Å². The van der Waals surface area contributed by atoms with E-state index in [1.54, 1.807) is 0 Å². The minimum absolute atomic E-state index is 0.558. The number of hydrogen-bond acceptors (Lipinski definition) is 2. The molecular weight excluding hydrogens is 282 g/mol. The number of rotatable bonds is 5. The van der Waals surface area contributed by atoms with Gasteiger partial charge in [0.1, 0.15) is 0 Å². The topological polar surface area (TPSA) is 12.0 Å². The molecule has 1 aliphatic rings. The van der Waals surface area contributed by atoms with E-state index in [0.29, 0.717) is 6.04 Å². The van der Waals surface area contributed by atoms with Crippen LogP contribution < -0.4 is 5.32 Å². The molecule has 1 saturated carbocycles. The highest BCUT2D eigenvalue weighted by Gasteiger charge is 2.22. The van der Waals surface area contributed by atoms with Crippen LogP contribution in [-0.2, 0) is 0 Å². The second-order valence-corrected chi connectivity index (χ2v) is 6.43. The van der Waals surface area contributed by atoms with Crippen molar-refractivity contribution in [3.05, 3.63) is 20.8 Å². The van der Waals surface area contributed by atoms with E-state index in [-0.39, 0.29) is 0 Å². The molecule has 1 N–H and O–H groups in total. The quantitative estimate of drug-likeness (QED) is 0.828. The van der Waals surface area contributed by atoms with E-state index < -0.39 is 0 Å². The molecule has 1 fully saturated rings. The highest BCUT2D eigenvalue weighted by atomic mass is 79.9. The molecule has 0 amide bonds. The lowest BCUT2D eigenvalue weighted by molar-refractivity contribution is 0.404. The van der Waals surface area contributed by atoms with Crippen LogP contribution in [0.1, 0.15) is 49.9 Å². The molecule has 0 aromatic carbocycles. The zero-order valence-electron chi connectivity index (χ0n) is 9.84. The van der Waals surface area contributed by atoms with Crippen LogP contribution in [0.25, 0.3) is 0 Å². The molecule has 1 aromatic heterocycles. The zero-order valence-corrected chi connectivity index (χ0v) is 12.2. The van der Waals surface area contributed by atoms with Crippen LogP contribution in [0.2, 0.25) is 0 Å². The first-order chi connectivity index (χ1) is 7.81. The maximum absolute atomic E-state index is 3.66. The van der Waals surface area contributed by atoms with Crippen molar-refractivity contribution < 1.29 is 0 Å². The maximum atomic E-state index is 3.66. The molecule has 0 spiro atoms. The van der Waals surface area contributed by atoms with Crippen molar-refractivity contribution in [3.63, 3.8) is 0 Å². The van der Waals surface area contributed by atoms with Crippen LogP contribution >= 0.6 is 27.3 Å². The van der Waals surface area contributed by atoms with E-state index in [4.69, 9.17) is 0 Å². The summed E-state index contributed by atoms with van der Waals surface area (Å²) in [5.74, 6) is 0.943. The molecule has 90 valence electrons. The minimum atomic E-state index is 0.558. The third-order valence-corrected chi connectivity index (χ3v) is 5.44. The summed E-state index contributed by atoms with van der Waals surface area (Å²) in [4.78, 5) is 1.48. The lowest BCUT2D eigenvalue weighted by Gasteiger charge is -2.20. The second kappa shape index (κ2) is 6.18. The molecule has 0 bridgehead atoms. The van der Waals surface area contributed by atoms with Gasteiger partial charge in [0.15, 0.2) is 0 Å². The second-order valence-electron chi connectivity index (χ2n) is 4.63. The van der Waals surface area contributed by atoms with E-state index in [9.17, 15) is 0 Å². The summed E-state index contributed by atoms with van der Waals surface area (Å²) in [6, 6.07) is 2.72. The molecule has 1 heterocycles. The molecule has 16 heavy (non-hydrogen) atoms. The summed E-state index contributed by atoms with van der Waals surface area (Å²) in [6.45, 7) is 3.25. The van der Waals surface area contributed by atoms with E-state index in [0.717, 1.165) is 12.5 Å². The molecular formula is C13H20BrNS. The van der Waals surface area contributed by atoms with Crippen molar-refractivity contribution in [2.45, 2.75) is 45.1 Å². The lowest BCUT2D eigenvalue weighted by atomic mass is 9.97. The molecule has 1 aliphatic carbocycles. The van der Waals surface area contributed by atoms with Crippen LogP contribution in [-0.4, -0.2) is 6.54 Å². The largest absolute Gasteiger partial charge is 0.309 e. The Morgan fingerprint density at radius 2 is 2.25 bits per heavy atom.